The van der Waals surface area contributed by atoms with Gasteiger partial charge in [0.1, 0.15) is 11.6 Å². The number of anilines is 1. The van der Waals surface area contributed by atoms with Crippen LogP contribution in [0.2, 0.25) is 0 Å². The first-order valence-corrected chi connectivity index (χ1v) is 11.4. The molecular formula is C25H31FN4O. The minimum atomic E-state index is -0.200. The summed E-state index contributed by atoms with van der Waals surface area (Å²) in [5.74, 6) is 0.461. The number of aromatic nitrogens is 2. The number of aryl methyl sites for hydroxylation is 1. The number of hydrogen-bond acceptors (Lipinski definition) is 4. The van der Waals surface area contributed by atoms with E-state index < -0.39 is 0 Å². The number of hydrogen-bond donors (Lipinski definition) is 1. The van der Waals surface area contributed by atoms with Gasteiger partial charge in [0.05, 0.1) is 5.69 Å². The molecule has 0 bridgehead atoms. The van der Waals surface area contributed by atoms with Gasteiger partial charge in [-0.3, -0.25) is 9.69 Å². The number of nitrogens with one attached hydrogen (secondary N) is 1. The molecule has 1 saturated carbocycles. The van der Waals surface area contributed by atoms with Gasteiger partial charge in [0.2, 0.25) is 0 Å². The summed E-state index contributed by atoms with van der Waals surface area (Å²) in [5, 5.41) is 0. The molecule has 1 aliphatic heterocycles. The standard InChI is InChI=1S/C25H31FN4O/c1-24(2,30-15-13-29(14-16-30)19-5-3-18(26)4-6-19)9-8-22-27-21-7-10-25(11-12-25)17-20(21)23(31)28-22/h3-6,8-9H,7,10-17H2,1-2H3,(H,27,28,31)/b9-8+. The number of H-pyrrole nitrogens is 1. The number of benzene rings is 1. The van der Waals surface area contributed by atoms with E-state index in [0.717, 1.165) is 56.0 Å². The van der Waals surface area contributed by atoms with Gasteiger partial charge >= 0.3 is 0 Å². The van der Waals surface area contributed by atoms with Crippen LogP contribution >= 0.6 is 0 Å². The molecule has 1 aromatic heterocycles. The fraction of sp³-hybridized carbons (Fsp3) is 0.520. The average molecular weight is 423 g/mol. The minimum Gasteiger partial charge on any atom is -0.369 e. The van der Waals surface area contributed by atoms with Gasteiger partial charge in [-0.1, -0.05) is 6.08 Å². The Hall–Kier alpha value is -2.47. The normalized spacial score (nSPS) is 20.9. The van der Waals surface area contributed by atoms with E-state index in [2.05, 4.69) is 34.7 Å². The molecular weight excluding hydrogens is 391 g/mol. The predicted molar refractivity (Wildman–Crippen MR) is 122 cm³/mol. The Morgan fingerprint density at radius 2 is 1.81 bits per heavy atom. The maximum Gasteiger partial charge on any atom is 0.254 e. The van der Waals surface area contributed by atoms with E-state index in [-0.39, 0.29) is 16.9 Å². The lowest BCUT2D eigenvalue weighted by atomic mass is 9.84. The van der Waals surface area contributed by atoms with Gasteiger partial charge in [0.25, 0.3) is 5.56 Å². The largest absolute Gasteiger partial charge is 0.369 e. The highest BCUT2D eigenvalue weighted by atomic mass is 19.1. The van der Waals surface area contributed by atoms with Crippen molar-refractivity contribution >= 4 is 11.8 Å². The first-order chi connectivity index (χ1) is 14.8. The highest BCUT2D eigenvalue weighted by molar-refractivity contribution is 5.47. The van der Waals surface area contributed by atoms with Crippen LogP contribution in [0.15, 0.2) is 35.1 Å². The van der Waals surface area contributed by atoms with Crippen LogP contribution in [0.1, 0.15) is 50.2 Å². The number of halogens is 1. The summed E-state index contributed by atoms with van der Waals surface area (Å²) in [7, 11) is 0. The highest BCUT2D eigenvalue weighted by Gasteiger charge is 2.45. The number of rotatable bonds is 4. The van der Waals surface area contributed by atoms with Crippen molar-refractivity contribution in [3.05, 3.63) is 63.6 Å². The van der Waals surface area contributed by atoms with Gasteiger partial charge in [-0.15, -0.1) is 0 Å². The van der Waals surface area contributed by atoms with Crippen LogP contribution in [0.4, 0.5) is 10.1 Å². The Morgan fingerprint density at radius 3 is 2.48 bits per heavy atom. The zero-order valence-electron chi connectivity index (χ0n) is 18.5. The highest BCUT2D eigenvalue weighted by Crippen LogP contribution is 2.53. The van der Waals surface area contributed by atoms with Crippen molar-refractivity contribution in [1.82, 2.24) is 14.9 Å². The van der Waals surface area contributed by atoms with E-state index >= 15 is 0 Å². The molecule has 2 aliphatic carbocycles. The Kier molecular flexibility index (Phi) is 5.00. The van der Waals surface area contributed by atoms with Crippen molar-refractivity contribution in [2.75, 3.05) is 31.1 Å². The molecule has 0 amide bonds. The van der Waals surface area contributed by atoms with Crippen LogP contribution in [0, 0.1) is 11.2 Å². The van der Waals surface area contributed by atoms with Crippen molar-refractivity contribution in [3.8, 4) is 0 Å². The van der Waals surface area contributed by atoms with E-state index in [1.807, 2.05) is 18.2 Å². The summed E-state index contributed by atoms with van der Waals surface area (Å²) >= 11 is 0. The molecule has 3 aliphatic rings. The first kappa shape index (κ1) is 20.4. The van der Waals surface area contributed by atoms with E-state index in [9.17, 15) is 9.18 Å². The lowest BCUT2D eigenvalue weighted by molar-refractivity contribution is 0.153. The number of aromatic amines is 1. The van der Waals surface area contributed by atoms with Gasteiger partial charge in [-0.25, -0.2) is 9.37 Å². The molecule has 1 N–H and O–H groups in total. The maximum absolute atomic E-state index is 13.2. The second-order valence-corrected chi connectivity index (χ2v) is 9.99. The lowest BCUT2D eigenvalue weighted by Crippen LogP contribution is -2.54. The topological polar surface area (TPSA) is 52.2 Å². The van der Waals surface area contributed by atoms with Crippen molar-refractivity contribution in [1.29, 1.82) is 0 Å². The molecule has 0 atom stereocenters. The number of nitrogens with zero attached hydrogens (tertiary/aromatic N) is 3. The van der Waals surface area contributed by atoms with Crippen molar-refractivity contribution in [2.24, 2.45) is 5.41 Å². The third-order valence-electron chi connectivity index (χ3n) is 7.46. The Labute approximate surface area is 183 Å². The third kappa shape index (κ3) is 4.18. The van der Waals surface area contributed by atoms with Crippen LogP contribution in [0.25, 0.3) is 6.08 Å². The molecule has 5 nitrogen and oxygen atoms in total. The van der Waals surface area contributed by atoms with Crippen LogP contribution in [-0.4, -0.2) is 46.6 Å². The maximum atomic E-state index is 13.2. The van der Waals surface area contributed by atoms with Gasteiger partial charge in [-0.05, 0) is 81.7 Å². The Bertz CT molecular complexity index is 1040. The van der Waals surface area contributed by atoms with E-state index in [4.69, 9.17) is 4.98 Å². The molecule has 6 heteroatoms. The first-order valence-electron chi connectivity index (χ1n) is 11.4. The van der Waals surface area contributed by atoms with Crippen LogP contribution < -0.4 is 10.5 Å². The Balaban J connectivity index is 1.25. The number of fused-ring (bicyclic) bond motifs is 1. The van der Waals surface area contributed by atoms with E-state index in [1.165, 1.54) is 31.4 Å². The van der Waals surface area contributed by atoms with Gasteiger partial charge in [-0.2, -0.15) is 0 Å². The monoisotopic (exact) mass is 422 g/mol. The summed E-state index contributed by atoms with van der Waals surface area (Å²) in [6.07, 6.45) is 9.63. The zero-order chi connectivity index (χ0) is 21.6. The predicted octanol–water partition coefficient (Wildman–Crippen LogP) is 3.79. The van der Waals surface area contributed by atoms with E-state index in [0.29, 0.717) is 11.2 Å². The molecule has 2 aromatic rings. The van der Waals surface area contributed by atoms with Crippen LogP contribution in [0.5, 0.6) is 0 Å². The molecule has 5 rings (SSSR count). The second kappa shape index (κ2) is 7.59. The molecule has 1 saturated heterocycles. The smallest absolute Gasteiger partial charge is 0.254 e. The van der Waals surface area contributed by atoms with Crippen molar-refractivity contribution in [2.45, 2.75) is 51.5 Å². The Morgan fingerprint density at radius 1 is 1.10 bits per heavy atom. The van der Waals surface area contributed by atoms with Gasteiger partial charge in [0.15, 0.2) is 0 Å². The van der Waals surface area contributed by atoms with E-state index in [1.54, 1.807) is 0 Å². The summed E-state index contributed by atoms with van der Waals surface area (Å²) in [6, 6.07) is 6.73. The average Bonchev–Trinajstić information content (AvgIpc) is 3.52. The second-order valence-electron chi connectivity index (χ2n) is 9.99. The molecule has 0 radical (unpaired) electrons. The fourth-order valence-corrected chi connectivity index (χ4v) is 5.06. The molecule has 31 heavy (non-hydrogen) atoms. The molecule has 2 fully saturated rings. The quantitative estimate of drug-likeness (QED) is 0.815. The molecule has 0 unspecified atom stereocenters. The SMILES string of the molecule is CC(C)(/C=C/c1nc2c(c(=O)[nH]1)CC1(CC2)CC1)N1CCN(c2ccc(F)cc2)CC1. The van der Waals surface area contributed by atoms with Crippen molar-refractivity contribution in [3.63, 3.8) is 0 Å². The summed E-state index contributed by atoms with van der Waals surface area (Å²) in [5.41, 5.74) is 3.28. The van der Waals surface area contributed by atoms with Crippen LogP contribution in [0.3, 0.4) is 0 Å². The molecule has 164 valence electrons. The van der Waals surface area contributed by atoms with Gasteiger partial charge in [0, 0.05) is 43.0 Å². The zero-order valence-corrected chi connectivity index (χ0v) is 18.5. The van der Waals surface area contributed by atoms with Gasteiger partial charge < -0.3 is 9.88 Å². The fourth-order valence-electron chi connectivity index (χ4n) is 5.06. The molecule has 1 aromatic carbocycles. The summed E-state index contributed by atoms with van der Waals surface area (Å²) in [6.45, 7) is 8.04. The van der Waals surface area contributed by atoms with Crippen LogP contribution in [-0.2, 0) is 12.8 Å². The molecule has 1 spiro atoms. The summed E-state index contributed by atoms with van der Waals surface area (Å²) in [4.78, 5) is 25.2. The third-order valence-corrected chi connectivity index (χ3v) is 7.46. The summed E-state index contributed by atoms with van der Waals surface area (Å²) < 4.78 is 13.2. The minimum absolute atomic E-state index is 0.0429. The molecule has 2 heterocycles. The van der Waals surface area contributed by atoms with Crippen molar-refractivity contribution < 1.29 is 4.39 Å². The number of piperazine rings is 1. The lowest BCUT2D eigenvalue weighted by Gasteiger charge is -2.43.